The Morgan fingerprint density at radius 1 is 1.03 bits per heavy atom. The Morgan fingerprint density at radius 2 is 1.82 bits per heavy atom. The van der Waals surface area contributed by atoms with Crippen LogP contribution in [0.25, 0.3) is 0 Å². The summed E-state index contributed by atoms with van der Waals surface area (Å²) in [4.78, 5) is 25.1. The average molecular weight is 494 g/mol. The van der Waals surface area contributed by atoms with Gasteiger partial charge in [-0.15, -0.1) is 0 Å². The summed E-state index contributed by atoms with van der Waals surface area (Å²) in [5.74, 6) is 0.926. The number of amides is 1. The van der Waals surface area contributed by atoms with Gasteiger partial charge >= 0.3 is 0 Å². The fourth-order valence-electron chi connectivity index (χ4n) is 4.83. The van der Waals surface area contributed by atoms with Gasteiger partial charge in [-0.05, 0) is 80.8 Å². The van der Waals surface area contributed by atoms with Crippen LogP contribution in [0.2, 0.25) is 0 Å². The average Bonchev–Trinajstić information content (AvgIpc) is 3.38. The second kappa shape index (κ2) is 9.70. The van der Waals surface area contributed by atoms with Crippen molar-refractivity contribution >= 4 is 46.0 Å². The van der Waals surface area contributed by atoms with Crippen LogP contribution in [0.5, 0.6) is 5.75 Å². The summed E-state index contributed by atoms with van der Waals surface area (Å²) in [6.07, 6.45) is 5.68. The van der Waals surface area contributed by atoms with Crippen LogP contribution in [0, 0.1) is 13.8 Å². The molecular formula is C27H31N3O2S2. The van der Waals surface area contributed by atoms with Gasteiger partial charge in [-0.2, -0.15) is 0 Å². The van der Waals surface area contributed by atoms with Crippen LogP contribution >= 0.6 is 23.5 Å². The Hall–Kier alpha value is -2.38. The van der Waals surface area contributed by atoms with E-state index in [0.29, 0.717) is 0 Å². The Morgan fingerprint density at radius 3 is 2.53 bits per heavy atom. The molecule has 5 nitrogen and oxygen atoms in total. The third-order valence-corrected chi connectivity index (χ3v) is 9.24. The van der Waals surface area contributed by atoms with Crippen molar-refractivity contribution in [2.45, 2.75) is 63.8 Å². The first kappa shape index (κ1) is 23.4. The topological polar surface area (TPSA) is 45.1 Å². The van der Waals surface area contributed by atoms with Gasteiger partial charge in [-0.3, -0.25) is 9.69 Å². The molecule has 1 aliphatic carbocycles. The zero-order valence-electron chi connectivity index (χ0n) is 20.3. The molecule has 0 unspecified atom stereocenters. The molecule has 2 aromatic rings. The molecule has 5 rings (SSSR count). The molecule has 1 saturated heterocycles. The van der Waals surface area contributed by atoms with E-state index in [4.69, 9.17) is 9.73 Å². The summed E-state index contributed by atoms with van der Waals surface area (Å²) in [5, 5.41) is 1.82. The molecule has 2 heterocycles. The van der Waals surface area contributed by atoms with Gasteiger partial charge in [-0.1, -0.05) is 37.1 Å². The fourth-order valence-corrected chi connectivity index (χ4v) is 7.26. The molecule has 7 heteroatoms. The number of hydrogen-bond donors (Lipinski definition) is 0. The minimum atomic E-state index is 0.0974. The predicted octanol–water partition coefficient (Wildman–Crippen LogP) is 7.01. The number of fused-ring (bicyclic) bond motifs is 1. The maximum atomic E-state index is 14.0. The van der Waals surface area contributed by atoms with Crippen molar-refractivity contribution in [3.8, 4) is 5.75 Å². The van der Waals surface area contributed by atoms with Crippen molar-refractivity contribution < 1.29 is 9.53 Å². The molecule has 1 amide bonds. The quantitative estimate of drug-likeness (QED) is 0.429. The minimum absolute atomic E-state index is 0.0974. The Balaban J connectivity index is 1.57. The van der Waals surface area contributed by atoms with Crippen molar-refractivity contribution in [2.75, 3.05) is 18.6 Å². The second-order valence-electron chi connectivity index (χ2n) is 9.05. The van der Waals surface area contributed by atoms with Crippen LogP contribution in [0.15, 0.2) is 56.2 Å². The minimum Gasteiger partial charge on any atom is -0.497 e. The highest BCUT2D eigenvalue weighted by Gasteiger charge is 2.43. The first-order chi connectivity index (χ1) is 16.5. The summed E-state index contributed by atoms with van der Waals surface area (Å²) in [6, 6.07) is 12.6. The maximum absolute atomic E-state index is 14.0. The second-order valence-corrected chi connectivity index (χ2v) is 11.1. The number of aryl methyl sites for hydroxylation is 2. The molecule has 3 aliphatic rings. The van der Waals surface area contributed by atoms with Gasteiger partial charge in [0.2, 0.25) is 0 Å². The largest absolute Gasteiger partial charge is 0.497 e. The van der Waals surface area contributed by atoms with E-state index in [1.807, 2.05) is 11.0 Å². The van der Waals surface area contributed by atoms with Crippen molar-refractivity contribution in [1.29, 1.82) is 0 Å². The van der Waals surface area contributed by atoms with Crippen LogP contribution in [0.1, 0.15) is 50.2 Å². The summed E-state index contributed by atoms with van der Waals surface area (Å²) in [6.45, 7) is 7.13. The highest BCUT2D eigenvalue weighted by molar-refractivity contribution is 8.19. The molecule has 0 atom stereocenters. The predicted molar refractivity (Wildman–Crippen MR) is 143 cm³/mol. The number of carbonyl (C=O) groups excluding carboxylic acids is 1. The van der Waals surface area contributed by atoms with Gasteiger partial charge in [0, 0.05) is 23.5 Å². The molecule has 0 aromatic heterocycles. The van der Waals surface area contributed by atoms with Crippen LogP contribution in [0.4, 0.5) is 11.4 Å². The molecule has 1 saturated carbocycles. The van der Waals surface area contributed by atoms with E-state index in [0.717, 1.165) is 56.5 Å². The number of rotatable bonds is 4. The first-order valence-electron chi connectivity index (χ1n) is 12.0. The molecule has 34 heavy (non-hydrogen) atoms. The van der Waals surface area contributed by atoms with Crippen LogP contribution in [-0.4, -0.2) is 35.7 Å². The number of methoxy groups -OCH3 is 1. The first-order valence-corrected chi connectivity index (χ1v) is 13.7. The fraction of sp³-hybridized carbons (Fsp3) is 0.407. The molecule has 2 aromatic carbocycles. The number of nitrogens with zero attached hydrogens (tertiary/aromatic N) is 3. The van der Waals surface area contributed by atoms with Crippen LogP contribution in [0.3, 0.4) is 0 Å². The molecule has 0 radical (unpaired) electrons. The molecule has 0 bridgehead atoms. The van der Waals surface area contributed by atoms with Crippen LogP contribution < -0.4 is 9.64 Å². The van der Waals surface area contributed by atoms with Gasteiger partial charge in [0.05, 0.1) is 18.5 Å². The van der Waals surface area contributed by atoms with E-state index in [1.54, 1.807) is 18.9 Å². The number of ether oxygens (including phenoxy) is 1. The van der Waals surface area contributed by atoms with E-state index in [1.165, 1.54) is 42.2 Å². The number of carbonyl (C=O) groups is 1. The smallest absolute Gasteiger partial charge is 0.269 e. The number of benzene rings is 2. The maximum Gasteiger partial charge on any atom is 0.269 e. The van der Waals surface area contributed by atoms with Crippen LogP contribution in [-0.2, 0) is 4.79 Å². The summed E-state index contributed by atoms with van der Waals surface area (Å²) >= 11 is 3.21. The molecule has 2 fully saturated rings. The molecule has 0 spiro atoms. The normalized spacial score (nSPS) is 22.1. The molecule has 178 valence electrons. The summed E-state index contributed by atoms with van der Waals surface area (Å²) in [7, 11) is 1.69. The van der Waals surface area contributed by atoms with Crippen molar-refractivity contribution in [1.82, 2.24) is 4.90 Å². The monoisotopic (exact) mass is 493 g/mol. The lowest BCUT2D eigenvalue weighted by molar-refractivity contribution is -0.124. The number of aliphatic imine (C=N–C) groups is 1. The van der Waals surface area contributed by atoms with E-state index in [-0.39, 0.29) is 11.9 Å². The standard InChI is InChI=1S/C27H31N3O2S2/c1-5-29-22-16-21(32-4)13-14-23(22)33-26(29)24-25(31)30(20-9-7-6-8-10-20)27(34-24)28-19-12-11-17(2)18(3)15-19/h11-16,20H,5-10H2,1-4H3/b26-24-,28-27?. The Labute approximate surface area is 210 Å². The Bertz CT molecular complexity index is 1180. The lowest BCUT2D eigenvalue weighted by Gasteiger charge is -2.30. The number of thioether (sulfide) groups is 2. The van der Waals surface area contributed by atoms with Gasteiger partial charge < -0.3 is 9.64 Å². The van der Waals surface area contributed by atoms with Gasteiger partial charge in [0.1, 0.15) is 15.7 Å². The summed E-state index contributed by atoms with van der Waals surface area (Å²) < 4.78 is 5.46. The van der Waals surface area contributed by atoms with E-state index in [9.17, 15) is 4.79 Å². The highest BCUT2D eigenvalue weighted by atomic mass is 32.2. The molecular weight excluding hydrogens is 462 g/mol. The highest BCUT2D eigenvalue weighted by Crippen LogP contribution is 2.52. The van der Waals surface area contributed by atoms with Crippen molar-refractivity contribution in [2.24, 2.45) is 4.99 Å². The lowest BCUT2D eigenvalue weighted by Crippen LogP contribution is -2.40. The number of hydrogen-bond acceptors (Lipinski definition) is 6. The van der Waals surface area contributed by atoms with E-state index >= 15 is 0 Å². The molecule has 2 aliphatic heterocycles. The molecule has 0 N–H and O–H groups in total. The zero-order valence-corrected chi connectivity index (χ0v) is 21.9. The summed E-state index contributed by atoms with van der Waals surface area (Å²) in [5.41, 5.74) is 4.48. The van der Waals surface area contributed by atoms with E-state index in [2.05, 4.69) is 56.0 Å². The van der Waals surface area contributed by atoms with Gasteiger partial charge in [0.25, 0.3) is 5.91 Å². The SMILES string of the molecule is CCN1/C(=C2/SC(=Nc3ccc(C)c(C)c3)N(C3CCCCC3)C2=O)Sc2ccc(OC)cc21. The third-order valence-electron chi connectivity index (χ3n) is 6.89. The number of anilines is 1. The third kappa shape index (κ3) is 4.24. The van der Waals surface area contributed by atoms with Crippen molar-refractivity contribution in [3.63, 3.8) is 0 Å². The van der Waals surface area contributed by atoms with Gasteiger partial charge in [-0.25, -0.2) is 4.99 Å². The van der Waals surface area contributed by atoms with Crippen molar-refractivity contribution in [3.05, 3.63) is 57.5 Å². The lowest BCUT2D eigenvalue weighted by atomic mass is 9.94. The Kier molecular flexibility index (Phi) is 6.67. The zero-order chi connectivity index (χ0) is 23.8. The number of amidine groups is 1. The van der Waals surface area contributed by atoms with E-state index < -0.39 is 0 Å². The van der Waals surface area contributed by atoms with Gasteiger partial charge in [0.15, 0.2) is 5.17 Å².